The first-order valence-corrected chi connectivity index (χ1v) is 21.5. The average Bonchev–Trinajstić information content (AvgIpc) is 3.10. The van der Waals surface area contributed by atoms with Crippen LogP contribution in [0, 0.1) is 0 Å². The topological polar surface area (TPSA) is 92.3 Å². The molecule has 3 rings (SSSR count). The first-order valence-electron chi connectivity index (χ1n) is 17.0. The molecule has 12 heteroatoms. The van der Waals surface area contributed by atoms with Gasteiger partial charge < -0.3 is 46.7 Å². The third-order valence-electron chi connectivity index (χ3n) is 9.50. The lowest BCUT2D eigenvalue weighted by Gasteiger charge is -2.54. The van der Waals surface area contributed by atoms with Crippen LogP contribution < -0.4 is 10.4 Å². The van der Waals surface area contributed by atoms with E-state index in [2.05, 4.69) is 90.1 Å². The van der Waals surface area contributed by atoms with Gasteiger partial charge in [-0.1, -0.05) is 102 Å². The highest BCUT2D eigenvalue weighted by atomic mass is 28.4. The van der Waals surface area contributed by atoms with Crippen molar-refractivity contribution < 1.29 is 46.7 Å². The number of benzene rings is 2. The summed E-state index contributed by atoms with van der Waals surface area (Å²) in [6, 6.07) is 23.8. The minimum absolute atomic E-state index is 0.00447. The van der Waals surface area contributed by atoms with E-state index in [1.165, 1.54) is 0 Å². The quantitative estimate of drug-likeness (QED) is 0.126. The van der Waals surface area contributed by atoms with Crippen LogP contribution in [0.1, 0.15) is 41.5 Å². The zero-order chi connectivity index (χ0) is 35.2. The zero-order valence-corrected chi connectivity index (χ0v) is 32.8. The molecular formula is C36H60O10Si2. The number of methoxy groups -OCH3 is 4. The van der Waals surface area contributed by atoms with Crippen LogP contribution >= 0.6 is 0 Å². The lowest BCUT2D eigenvalue weighted by atomic mass is 9.84. The van der Waals surface area contributed by atoms with Gasteiger partial charge in [-0.25, -0.2) is 0 Å². The van der Waals surface area contributed by atoms with E-state index >= 15 is 0 Å². The van der Waals surface area contributed by atoms with Crippen LogP contribution in [0.3, 0.4) is 0 Å². The van der Waals surface area contributed by atoms with E-state index in [0.717, 1.165) is 28.5 Å². The Morgan fingerprint density at radius 3 is 1.10 bits per heavy atom. The second-order valence-corrected chi connectivity index (χ2v) is 22.2. The zero-order valence-electron chi connectivity index (χ0n) is 30.8. The Morgan fingerprint density at radius 2 is 0.792 bits per heavy atom. The molecule has 0 aliphatic heterocycles. The Bertz CT molecular complexity index is 1100. The number of rotatable bonds is 21. The van der Waals surface area contributed by atoms with Crippen molar-refractivity contribution in [1.82, 2.24) is 0 Å². The van der Waals surface area contributed by atoms with Crippen molar-refractivity contribution in [3.63, 3.8) is 0 Å². The van der Waals surface area contributed by atoms with E-state index in [0.29, 0.717) is 0 Å². The fraction of sp³-hybridized carbons (Fsp3) is 0.667. The van der Waals surface area contributed by atoms with Gasteiger partial charge in [0.25, 0.3) is 8.32 Å². The van der Waals surface area contributed by atoms with E-state index in [-0.39, 0.29) is 32.2 Å². The Balaban J connectivity index is 2.39. The summed E-state index contributed by atoms with van der Waals surface area (Å²) in [6.07, 6.45) is -4.04. The van der Waals surface area contributed by atoms with Crippen molar-refractivity contribution in [2.45, 2.75) is 101 Å². The summed E-state index contributed by atoms with van der Waals surface area (Å²) < 4.78 is 63.4. The Morgan fingerprint density at radius 1 is 0.479 bits per heavy atom. The average molecular weight is 709 g/mol. The summed E-state index contributed by atoms with van der Waals surface area (Å²) in [7, 11) is 0.976. The molecule has 1 aliphatic carbocycles. The molecule has 272 valence electrons. The Kier molecular flexibility index (Phi) is 16.8. The molecule has 2 aromatic carbocycles. The first-order chi connectivity index (χ1) is 23.1. The number of ether oxygens (including phenoxy) is 8. The lowest BCUT2D eigenvalue weighted by molar-refractivity contribution is -0.294. The standard InChI is InChI=1S/C36H60O10Si2/c1-11-47(12-2,13-3)45-34-31(42-25-38-8)30(41-24-37-7)32(43-26-39-9)35(33(34)44-27-40-10)46-48(36(4,5)6,28-20-16-14-17-21-28)29-22-18-15-19-23-29/h14-23,30-35H,11-13,24-27H2,1-10H3/t30-,31-,32+,33+,34+,35-/m0/s1. The molecule has 0 radical (unpaired) electrons. The molecule has 10 nitrogen and oxygen atoms in total. The van der Waals surface area contributed by atoms with Crippen LogP contribution in [0.15, 0.2) is 60.7 Å². The van der Waals surface area contributed by atoms with Gasteiger partial charge in [-0.3, -0.25) is 0 Å². The van der Waals surface area contributed by atoms with Crippen LogP contribution in [-0.2, 0) is 46.7 Å². The molecule has 1 aliphatic rings. The predicted octanol–water partition coefficient (Wildman–Crippen LogP) is 5.29. The summed E-state index contributed by atoms with van der Waals surface area (Å²) in [6.45, 7) is 13.4. The van der Waals surface area contributed by atoms with Crippen molar-refractivity contribution in [3.8, 4) is 0 Å². The Hall–Kier alpha value is -1.53. The largest absolute Gasteiger partial charge is 0.408 e. The summed E-state index contributed by atoms with van der Waals surface area (Å²) in [4.78, 5) is 0. The molecule has 1 saturated carbocycles. The van der Waals surface area contributed by atoms with Crippen LogP contribution in [-0.4, -0.2) is 109 Å². The van der Waals surface area contributed by atoms with Crippen LogP contribution in [0.5, 0.6) is 0 Å². The van der Waals surface area contributed by atoms with Gasteiger partial charge in [-0.05, 0) is 33.5 Å². The Labute approximate surface area is 290 Å². The van der Waals surface area contributed by atoms with Gasteiger partial charge in [0.2, 0.25) is 0 Å². The van der Waals surface area contributed by atoms with E-state index in [4.69, 9.17) is 46.7 Å². The van der Waals surface area contributed by atoms with Crippen molar-refractivity contribution in [2.24, 2.45) is 0 Å². The third kappa shape index (κ3) is 9.42. The molecule has 48 heavy (non-hydrogen) atoms. The van der Waals surface area contributed by atoms with E-state index in [1.807, 2.05) is 12.1 Å². The monoisotopic (exact) mass is 708 g/mol. The molecule has 1 fully saturated rings. The number of hydrogen-bond donors (Lipinski definition) is 0. The second kappa shape index (κ2) is 19.8. The third-order valence-corrected chi connectivity index (χ3v) is 19.2. The minimum atomic E-state index is -3.16. The molecule has 0 bridgehead atoms. The molecule has 6 atom stereocenters. The van der Waals surface area contributed by atoms with E-state index in [9.17, 15) is 0 Å². The molecule has 0 aromatic heterocycles. The summed E-state index contributed by atoms with van der Waals surface area (Å²) in [5.74, 6) is 0. The molecule has 0 unspecified atom stereocenters. The van der Waals surface area contributed by atoms with Crippen LogP contribution in [0.2, 0.25) is 23.2 Å². The van der Waals surface area contributed by atoms with Crippen LogP contribution in [0.25, 0.3) is 0 Å². The number of hydrogen-bond acceptors (Lipinski definition) is 10. The van der Waals surface area contributed by atoms with Gasteiger partial charge in [0.1, 0.15) is 63.8 Å². The minimum Gasteiger partial charge on any atom is -0.408 e. The normalized spacial score (nSPS) is 23.8. The summed E-state index contributed by atoms with van der Waals surface area (Å²) >= 11 is 0. The summed E-state index contributed by atoms with van der Waals surface area (Å²) in [5.41, 5.74) is 0. The van der Waals surface area contributed by atoms with Crippen LogP contribution in [0.4, 0.5) is 0 Å². The fourth-order valence-electron chi connectivity index (χ4n) is 6.92. The van der Waals surface area contributed by atoms with E-state index < -0.39 is 53.3 Å². The SMILES string of the molecule is CC[Si](CC)(CC)O[C@H]1[C@@H](OCOC)[C@@H](O[Si](c2ccccc2)(c2ccccc2)C(C)(C)C)[C@H](OCOC)[C@@H](OCOC)[C@@H]1OCOC. The van der Waals surface area contributed by atoms with Crippen molar-refractivity contribution in [2.75, 3.05) is 55.6 Å². The van der Waals surface area contributed by atoms with Gasteiger partial charge in [0.15, 0.2) is 8.32 Å². The van der Waals surface area contributed by atoms with Gasteiger partial charge in [0, 0.05) is 28.4 Å². The van der Waals surface area contributed by atoms with Crippen molar-refractivity contribution >= 4 is 27.0 Å². The smallest absolute Gasteiger partial charge is 0.261 e. The fourth-order valence-corrected chi connectivity index (χ4v) is 14.5. The second-order valence-electron chi connectivity index (χ2n) is 13.2. The highest BCUT2D eigenvalue weighted by molar-refractivity contribution is 6.99. The summed E-state index contributed by atoms with van der Waals surface area (Å²) in [5, 5.41) is 1.93. The lowest BCUT2D eigenvalue weighted by Crippen LogP contribution is -2.75. The maximum absolute atomic E-state index is 7.85. The first kappa shape index (κ1) is 40.9. The van der Waals surface area contributed by atoms with Crippen molar-refractivity contribution in [3.05, 3.63) is 60.7 Å². The van der Waals surface area contributed by atoms with Gasteiger partial charge in [-0.15, -0.1) is 0 Å². The maximum Gasteiger partial charge on any atom is 0.261 e. The molecule has 0 amide bonds. The molecule has 0 spiro atoms. The van der Waals surface area contributed by atoms with Gasteiger partial charge in [-0.2, -0.15) is 0 Å². The van der Waals surface area contributed by atoms with Gasteiger partial charge >= 0.3 is 0 Å². The molecule has 2 aromatic rings. The molecule has 0 N–H and O–H groups in total. The van der Waals surface area contributed by atoms with Crippen molar-refractivity contribution in [1.29, 1.82) is 0 Å². The molecule has 0 saturated heterocycles. The maximum atomic E-state index is 7.85. The molecule has 0 heterocycles. The van der Waals surface area contributed by atoms with Gasteiger partial charge in [0.05, 0.1) is 0 Å². The highest BCUT2D eigenvalue weighted by Crippen LogP contribution is 2.43. The predicted molar refractivity (Wildman–Crippen MR) is 192 cm³/mol. The molecular weight excluding hydrogens is 649 g/mol. The highest BCUT2D eigenvalue weighted by Gasteiger charge is 2.61. The van der Waals surface area contributed by atoms with E-state index in [1.54, 1.807) is 28.4 Å².